The molecule has 8 heteroatoms. The van der Waals surface area contributed by atoms with Gasteiger partial charge in [-0.25, -0.2) is 9.97 Å². The quantitative estimate of drug-likeness (QED) is 0.443. The highest BCUT2D eigenvalue weighted by Gasteiger charge is 2.14. The summed E-state index contributed by atoms with van der Waals surface area (Å²) in [5.41, 5.74) is 3.86. The molecular formula is C23H20N4O3S. The van der Waals surface area contributed by atoms with E-state index in [2.05, 4.69) is 20.3 Å². The zero-order valence-electron chi connectivity index (χ0n) is 17.2. The Bertz CT molecular complexity index is 1280. The minimum atomic E-state index is -0.289. The van der Waals surface area contributed by atoms with Crippen molar-refractivity contribution in [2.24, 2.45) is 0 Å². The van der Waals surface area contributed by atoms with Gasteiger partial charge in [-0.3, -0.25) is 15.1 Å². The third-order valence-electron chi connectivity index (χ3n) is 4.56. The maximum absolute atomic E-state index is 12.4. The van der Waals surface area contributed by atoms with E-state index in [1.165, 1.54) is 17.4 Å². The second-order valence-electron chi connectivity index (χ2n) is 6.60. The Kier molecular flexibility index (Phi) is 5.90. The van der Waals surface area contributed by atoms with Gasteiger partial charge in [-0.05, 0) is 43.3 Å². The van der Waals surface area contributed by atoms with Gasteiger partial charge in [-0.1, -0.05) is 12.1 Å². The molecule has 0 spiro atoms. The van der Waals surface area contributed by atoms with Crippen molar-refractivity contribution in [1.29, 1.82) is 0 Å². The van der Waals surface area contributed by atoms with E-state index in [-0.39, 0.29) is 5.91 Å². The molecule has 0 aliphatic rings. The molecule has 7 nitrogen and oxygen atoms in total. The molecule has 4 aromatic rings. The van der Waals surface area contributed by atoms with Crippen molar-refractivity contribution in [2.75, 3.05) is 19.5 Å². The summed E-state index contributed by atoms with van der Waals surface area (Å²) >= 11 is 1.41. The summed E-state index contributed by atoms with van der Waals surface area (Å²) in [6.07, 6.45) is 4.69. The summed E-state index contributed by atoms with van der Waals surface area (Å²) in [5, 5.41) is 3.32. The van der Waals surface area contributed by atoms with Crippen molar-refractivity contribution < 1.29 is 14.3 Å². The molecule has 0 fully saturated rings. The lowest BCUT2D eigenvalue weighted by molar-refractivity contribution is -0.111. The number of thiazole rings is 1. The first-order valence-electron chi connectivity index (χ1n) is 9.48. The second kappa shape index (κ2) is 8.93. The number of rotatable bonds is 6. The van der Waals surface area contributed by atoms with Gasteiger partial charge < -0.3 is 9.47 Å². The molecule has 0 saturated heterocycles. The highest BCUT2D eigenvalue weighted by atomic mass is 32.1. The number of benzene rings is 2. The number of nitrogens with one attached hydrogen (secondary N) is 1. The third-order valence-corrected chi connectivity index (χ3v) is 5.44. The molecular weight excluding hydrogens is 412 g/mol. The van der Waals surface area contributed by atoms with Crippen LogP contribution >= 0.6 is 11.3 Å². The van der Waals surface area contributed by atoms with E-state index < -0.39 is 0 Å². The Morgan fingerprint density at radius 1 is 1.03 bits per heavy atom. The van der Waals surface area contributed by atoms with E-state index in [4.69, 9.17) is 9.47 Å². The molecule has 0 atom stereocenters. The third kappa shape index (κ3) is 4.54. The number of carbonyl (C=O) groups is 1. The van der Waals surface area contributed by atoms with Gasteiger partial charge in [0.2, 0.25) is 5.91 Å². The number of fused-ring (bicyclic) bond motifs is 1. The van der Waals surface area contributed by atoms with Crippen LogP contribution in [0.5, 0.6) is 11.5 Å². The molecule has 2 aromatic heterocycles. The zero-order chi connectivity index (χ0) is 21.8. The summed E-state index contributed by atoms with van der Waals surface area (Å²) in [6, 6.07) is 13.2. The predicted octanol–water partition coefficient (Wildman–Crippen LogP) is 4.73. The van der Waals surface area contributed by atoms with Crippen molar-refractivity contribution in [3.05, 3.63) is 65.3 Å². The molecule has 0 saturated carbocycles. The number of amides is 1. The van der Waals surface area contributed by atoms with Gasteiger partial charge in [0.15, 0.2) is 16.6 Å². The van der Waals surface area contributed by atoms with E-state index in [0.29, 0.717) is 22.3 Å². The lowest BCUT2D eigenvalue weighted by Gasteiger charge is -2.08. The van der Waals surface area contributed by atoms with E-state index in [1.54, 1.807) is 26.5 Å². The molecule has 0 bridgehead atoms. The van der Waals surface area contributed by atoms with E-state index in [0.717, 1.165) is 27.2 Å². The Labute approximate surface area is 183 Å². The molecule has 1 N–H and O–H groups in total. The average molecular weight is 433 g/mol. The molecule has 156 valence electrons. The number of hydrogen-bond donors (Lipinski definition) is 1. The van der Waals surface area contributed by atoms with Gasteiger partial charge in [0.05, 0.1) is 42.8 Å². The van der Waals surface area contributed by atoms with Gasteiger partial charge in [-0.15, -0.1) is 11.3 Å². The van der Waals surface area contributed by atoms with Crippen LogP contribution in [0.15, 0.2) is 54.7 Å². The predicted molar refractivity (Wildman–Crippen MR) is 123 cm³/mol. The number of nitrogens with zero attached hydrogens (tertiary/aromatic N) is 3. The number of methoxy groups -OCH3 is 2. The van der Waals surface area contributed by atoms with Gasteiger partial charge in [0.1, 0.15) is 0 Å². The standard InChI is InChI=1S/C23H20N4O3S/c1-14-22(15-8-10-19(29-2)20(12-15)30-3)27-23(31-14)26-21(28)11-9-16-13-24-17-6-4-5-7-18(17)25-16/h4-13H,1-3H3,(H,26,27,28)/b11-9+. The molecule has 0 aliphatic heterocycles. The summed E-state index contributed by atoms with van der Waals surface area (Å²) in [4.78, 5) is 26.7. The van der Waals surface area contributed by atoms with Gasteiger partial charge in [0.25, 0.3) is 0 Å². The number of para-hydroxylation sites is 2. The monoisotopic (exact) mass is 432 g/mol. The number of hydrogen-bond acceptors (Lipinski definition) is 7. The minimum absolute atomic E-state index is 0.289. The Morgan fingerprint density at radius 2 is 1.81 bits per heavy atom. The van der Waals surface area contributed by atoms with E-state index >= 15 is 0 Å². The summed E-state index contributed by atoms with van der Waals surface area (Å²) in [6.45, 7) is 1.96. The minimum Gasteiger partial charge on any atom is -0.493 e. The Hall–Kier alpha value is -3.78. The first-order chi connectivity index (χ1) is 15.1. The number of anilines is 1. The molecule has 31 heavy (non-hydrogen) atoms. The van der Waals surface area contributed by atoms with Crippen LogP contribution in [0.2, 0.25) is 0 Å². The summed E-state index contributed by atoms with van der Waals surface area (Å²) < 4.78 is 10.7. The van der Waals surface area contributed by atoms with Crippen LogP contribution in [-0.2, 0) is 4.79 Å². The first kappa shape index (κ1) is 20.5. The molecule has 4 rings (SSSR count). The largest absolute Gasteiger partial charge is 0.493 e. The second-order valence-corrected chi connectivity index (χ2v) is 7.80. The Balaban J connectivity index is 1.49. The van der Waals surface area contributed by atoms with E-state index in [1.807, 2.05) is 49.4 Å². The lowest BCUT2D eigenvalue weighted by Crippen LogP contribution is -2.07. The van der Waals surface area contributed by atoms with E-state index in [9.17, 15) is 4.79 Å². The maximum atomic E-state index is 12.4. The number of ether oxygens (including phenoxy) is 2. The smallest absolute Gasteiger partial charge is 0.250 e. The van der Waals surface area contributed by atoms with Crippen LogP contribution in [0.3, 0.4) is 0 Å². The van der Waals surface area contributed by atoms with Crippen molar-refractivity contribution in [3.8, 4) is 22.8 Å². The molecule has 2 heterocycles. The molecule has 0 aliphatic carbocycles. The topological polar surface area (TPSA) is 86.2 Å². The molecule has 2 aromatic carbocycles. The van der Waals surface area contributed by atoms with Crippen LogP contribution in [0.4, 0.5) is 5.13 Å². The first-order valence-corrected chi connectivity index (χ1v) is 10.3. The average Bonchev–Trinajstić information content (AvgIpc) is 3.16. The van der Waals surface area contributed by atoms with Crippen molar-refractivity contribution in [3.63, 3.8) is 0 Å². The van der Waals surface area contributed by atoms with Gasteiger partial charge in [-0.2, -0.15) is 0 Å². The highest BCUT2D eigenvalue weighted by molar-refractivity contribution is 7.16. The van der Waals surface area contributed by atoms with Crippen molar-refractivity contribution >= 4 is 39.5 Å². The molecule has 0 unspecified atom stereocenters. The van der Waals surface area contributed by atoms with Crippen LogP contribution in [-0.4, -0.2) is 35.1 Å². The fourth-order valence-corrected chi connectivity index (χ4v) is 3.90. The normalized spacial score (nSPS) is 11.1. The number of aromatic nitrogens is 3. The molecule has 0 radical (unpaired) electrons. The summed E-state index contributed by atoms with van der Waals surface area (Å²) in [5.74, 6) is 0.981. The van der Waals surface area contributed by atoms with Crippen LogP contribution in [0.1, 0.15) is 10.6 Å². The van der Waals surface area contributed by atoms with Crippen LogP contribution in [0, 0.1) is 6.92 Å². The zero-order valence-corrected chi connectivity index (χ0v) is 18.1. The summed E-state index contributed by atoms with van der Waals surface area (Å²) in [7, 11) is 3.18. The van der Waals surface area contributed by atoms with Gasteiger partial charge >= 0.3 is 0 Å². The fraction of sp³-hybridized carbons (Fsp3) is 0.130. The van der Waals surface area contributed by atoms with Gasteiger partial charge in [0, 0.05) is 16.5 Å². The van der Waals surface area contributed by atoms with Crippen LogP contribution in [0.25, 0.3) is 28.4 Å². The SMILES string of the molecule is COc1ccc(-c2nc(NC(=O)/C=C/c3cnc4ccccc4n3)sc2C)cc1OC. The number of carbonyl (C=O) groups excluding carboxylic acids is 1. The highest BCUT2D eigenvalue weighted by Crippen LogP contribution is 2.36. The molecule has 1 amide bonds. The Morgan fingerprint density at radius 3 is 2.58 bits per heavy atom. The maximum Gasteiger partial charge on any atom is 0.250 e. The lowest BCUT2D eigenvalue weighted by atomic mass is 10.1. The fourth-order valence-electron chi connectivity index (χ4n) is 3.06. The van der Waals surface area contributed by atoms with Crippen molar-refractivity contribution in [2.45, 2.75) is 6.92 Å². The van der Waals surface area contributed by atoms with Crippen molar-refractivity contribution in [1.82, 2.24) is 15.0 Å². The van der Waals surface area contributed by atoms with Crippen LogP contribution < -0.4 is 14.8 Å². The number of aryl methyl sites for hydroxylation is 1.